The van der Waals surface area contributed by atoms with E-state index < -0.39 is 0 Å². The van der Waals surface area contributed by atoms with Gasteiger partial charge in [0.1, 0.15) is 11.5 Å². The highest BCUT2D eigenvalue weighted by atomic mass is 16.5. The number of methoxy groups -OCH3 is 2. The van der Waals surface area contributed by atoms with Gasteiger partial charge in [-0.05, 0) is 23.8 Å². The van der Waals surface area contributed by atoms with Crippen LogP contribution in [0.1, 0.15) is 5.56 Å². The zero-order valence-electron chi connectivity index (χ0n) is 12.1. The number of hydrogen-bond acceptors (Lipinski definition) is 4. The molecule has 0 radical (unpaired) electrons. The number of nitrogens with two attached hydrogens (primary N) is 1. The molecule has 0 aliphatic heterocycles. The maximum atomic E-state index is 5.82. The van der Waals surface area contributed by atoms with Gasteiger partial charge in [-0.1, -0.05) is 12.1 Å². The lowest BCUT2D eigenvalue weighted by Crippen LogP contribution is -2.13. The number of nitrogens with zero attached hydrogens (tertiary/aromatic N) is 1. The zero-order valence-corrected chi connectivity index (χ0v) is 12.1. The molecule has 20 heavy (non-hydrogen) atoms. The van der Waals surface area contributed by atoms with Gasteiger partial charge in [-0.25, -0.2) is 0 Å². The van der Waals surface area contributed by atoms with Crippen LogP contribution in [0.5, 0.6) is 11.5 Å². The molecule has 4 nitrogen and oxygen atoms in total. The lowest BCUT2D eigenvalue weighted by Gasteiger charge is -2.23. The van der Waals surface area contributed by atoms with Crippen molar-refractivity contribution in [3.8, 4) is 11.5 Å². The lowest BCUT2D eigenvalue weighted by atomic mass is 10.1. The summed E-state index contributed by atoms with van der Waals surface area (Å²) in [6, 6.07) is 13.8. The smallest absolute Gasteiger partial charge is 0.120 e. The number of rotatable bonds is 5. The molecule has 0 saturated heterocycles. The third kappa shape index (κ3) is 2.86. The fourth-order valence-electron chi connectivity index (χ4n) is 2.11. The van der Waals surface area contributed by atoms with Crippen LogP contribution in [-0.4, -0.2) is 21.3 Å². The molecule has 0 atom stereocenters. The third-order valence-electron chi connectivity index (χ3n) is 3.31. The number of benzene rings is 2. The first kappa shape index (κ1) is 14.2. The Balaban J connectivity index is 2.42. The van der Waals surface area contributed by atoms with Crippen molar-refractivity contribution < 1.29 is 9.47 Å². The fourth-order valence-corrected chi connectivity index (χ4v) is 2.11. The van der Waals surface area contributed by atoms with Gasteiger partial charge in [0.2, 0.25) is 0 Å². The molecule has 0 aliphatic carbocycles. The van der Waals surface area contributed by atoms with E-state index >= 15 is 0 Å². The van der Waals surface area contributed by atoms with E-state index in [0.29, 0.717) is 6.54 Å². The van der Waals surface area contributed by atoms with E-state index in [4.69, 9.17) is 15.2 Å². The number of ether oxygens (including phenoxy) is 2. The first-order valence-corrected chi connectivity index (χ1v) is 6.44. The van der Waals surface area contributed by atoms with Gasteiger partial charge in [0.15, 0.2) is 0 Å². The van der Waals surface area contributed by atoms with Gasteiger partial charge in [-0.15, -0.1) is 0 Å². The predicted molar refractivity (Wildman–Crippen MR) is 81.9 cm³/mol. The Morgan fingerprint density at radius 3 is 2.35 bits per heavy atom. The Bertz CT molecular complexity index is 584. The quantitative estimate of drug-likeness (QED) is 0.909. The molecule has 2 aromatic carbocycles. The van der Waals surface area contributed by atoms with E-state index in [1.54, 1.807) is 14.2 Å². The van der Waals surface area contributed by atoms with Crippen LogP contribution in [0.4, 0.5) is 11.4 Å². The van der Waals surface area contributed by atoms with E-state index in [0.717, 1.165) is 28.4 Å². The van der Waals surface area contributed by atoms with Crippen molar-refractivity contribution in [2.24, 2.45) is 5.73 Å². The van der Waals surface area contributed by atoms with Crippen molar-refractivity contribution in [3.05, 3.63) is 48.0 Å². The van der Waals surface area contributed by atoms with Crippen LogP contribution in [0.15, 0.2) is 42.5 Å². The van der Waals surface area contributed by atoms with Gasteiger partial charge in [0.25, 0.3) is 0 Å². The molecule has 0 heterocycles. The second-order valence-corrected chi connectivity index (χ2v) is 4.46. The third-order valence-corrected chi connectivity index (χ3v) is 3.31. The molecule has 4 heteroatoms. The molecule has 2 rings (SSSR count). The Hall–Kier alpha value is -2.20. The summed E-state index contributed by atoms with van der Waals surface area (Å²) in [6.45, 7) is 0.480. The summed E-state index contributed by atoms with van der Waals surface area (Å²) >= 11 is 0. The average molecular weight is 272 g/mol. The SMILES string of the molecule is COc1cccc(N(C)c2cc(OC)ccc2CN)c1. The first-order valence-electron chi connectivity index (χ1n) is 6.44. The van der Waals surface area contributed by atoms with Gasteiger partial charge in [-0.3, -0.25) is 0 Å². The second kappa shape index (κ2) is 6.30. The van der Waals surface area contributed by atoms with Crippen molar-refractivity contribution in [1.82, 2.24) is 0 Å². The van der Waals surface area contributed by atoms with Crippen molar-refractivity contribution >= 4 is 11.4 Å². The highest BCUT2D eigenvalue weighted by Gasteiger charge is 2.10. The highest BCUT2D eigenvalue weighted by molar-refractivity contribution is 5.68. The lowest BCUT2D eigenvalue weighted by molar-refractivity contribution is 0.414. The maximum absolute atomic E-state index is 5.82. The zero-order chi connectivity index (χ0) is 14.5. The minimum atomic E-state index is 0.480. The maximum Gasteiger partial charge on any atom is 0.120 e. The van der Waals surface area contributed by atoms with Gasteiger partial charge < -0.3 is 20.1 Å². The fraction of sp³-hybridized carbons (Fsp3) is 0.250. The van der Waals surface area contributed by atoms with Crippen molar-refractivity contribution in [3.63, 3.8) is 0 Å². The highest BCUT2D eigenvalue weighted by Crippen LogP contribution is 2.31. The molecule has 0 aromatic heterocycles. The molecule has 2 aromatic rings. The van der Waals surface area contributed by atoms with Gasteiger partial charge >= 0.3 is 0 Å². The Kier molecular flexibility index (Phi) is 4.48. The van der Waals surface area contributed by atoms with Crippen LogP contribution < -0.4 is 20.1 Å². The average Bonchev–Trinajstić information content (AvgIpc) is 2.53. The van der Waals surface area contributed by atoms with Crippen molar-refractivity contribution in [1.29, 1.82) is 0 Å². The van der Waals surface area contributed by atoms with Gasteiger partial charge in [-0.2, -0.15) is 0 Å². The second-order valence-electron chi connectivity index (χ2n) is 4.46. The summed E-state index contributed by atoms with van der Waals surface area (Å²) < 4.78 is 10.6. The van der Waals surface area contributed by atoms with Crippen LogP contribution >= 0.6 is 0 Å². The largest absolute Gasteiger partial charge is 0.497 e. The van der Waals surface area contributed by atoms with E-state index in [1.165, 1.54) is 0 Å². The summed E-state index contributed by atoms with van der Waals surface area (Å²) in [7, 11) is 5.32. The molecule has 0 saturated carbocycles. The summed E-state index contributed by atoms with van der Waals surface area (Å²) in [6.07, 6.45) is 0. The van der Waals surface area contributed by atoms with E-state index in [1.807, 2.05) is 49.5 Å². The molecule has 0 amide bonds. The summed E-state index contributed by atoms with van der Waals surface area (Å²) in [5, 5.41) is 0. The molecular weight excluding hydrogens is 252 g/mol. The normalized spacial score (nSPS) is 10.2. The molecule has 106 valence electrons. The Morgan fingerprint density at radius 1 is 1.00 bits per heavy atom. The Labute approximate surface area is 119 Å². The monoisotopic (exact) mass is 272 g/mol. The topological polar surface area (TPSA) is 47.7 Å². The van der Waals surface area contributed by atoms with Gasteiger partial charge in [0.05, 0.1) is 14.2 Å². The molecule has 2 N–H and O–H groups in total. The van der Waals surface area contributed by atoms with Crippen molar-refractivity contribution in [2.45, 2.75) is 6.54 Å². The van der Waals surface area contributed by atoms with Crippen molar-refractivity contribution in [2.75, 3.05) is 26.2 Å². The van der Waals surface area contributed by atoms with Crippen LogP contribution in [-0.2, 0) is 6.54 Å². The van der Waals surface area contributed by atoms with E-state index in [-0.39, 0.29) is 0 Å². The van der Waals surface area contributed by atoms with E-state index in [9.17, 15) is 0 Å². The number of anilines is 2. The molecule has 0 fully saturated rings. The van der Waals surface area contributed by atoms with Crippen LogP contribution in [0, 0.1) is 0 Å². The Morgan fingerprint density at radius 2 is 1.70 bits per heavy atom. The standard InChI is InChI=1S/C16H20N2O2/c1-18(13-5-4-6-14(9-13)19-2)16-10-15(20-3)8-7-12(16)11-17/h4-10H,11,17H2,1-3H3. The minimum Gasteiger partial charge on any atom is -0.497 e. The molecule has 0 bridgehead atoms. The van der Waals surface area contributed by atoms with Crippen LogP contribution in [0.25, 0.3) is 0 Å². The van der Waals surface area contributed by atoms with Gasteiger partial charge in [0, 0.05) is 37.1 Å². The summed E-state index contributed by atoms with van der Waals surface area (Å²) in [5.74, 6) is 1.64. The molecule has 0 spiro atoms. The first-order chi connectivity index (χ1) is 9.69. The predicted octanol–water partition coefficient (Wildman–Crippen LogP) is 2.93. The summed E-state index contributed by atoms with van der Waals surface area (Å²) in [5.41, 5.74) is 8.95. The minimum absolute atomic E-state index is 0.480. The number of hydrogen-bond donors (Lipinski definition) is 1. The summed E-state index contributed by atoms with van der Waals surface area (Å²) in [4.78, 5) is 2.08. The van der Waals surface area contributed by atoms with Crippen LogP contribution in [0.2, 0.25) is 0 Å². The van der Waals surface area contributed by atoms with Crippen LogP contribution in [0.3, 0.4) is 0 Å². The molecule has 0 aliphatic rings. The molecule has 0 unspecified atom stereocenters. The molecular formula is C16H20N2O2. The van der Waals surface area contributed by atoms with E-state index in [2.05, 4.69) is 4.90 Å².